The summed E-state index contributed by atoms with van der Waals surface area (Å²) in [7, 11) is 1.55. The lowest BCUT2D eigenvalue weighted by atomic mass is 10.0. The molecular formula is C23H30N3O4+. The van der Waals surface area contributed by atoms with E-state index in [2.05, 4.69) is 22.7 Å². The van der Waals surface area contributed by atoms with E-state index in [9.17, 15) is 4.79 Å². The molecule has 160 valence electrons. The Kier molecular flexibility index (Phi) is 7.82. The molecule has 1 heterocycles. The van der Waals surface area contributed by atoms with Gasteiger partial charge in [-0.3, -0.25) is 4.79 Å². The Morgan fingerprint density at radius 2 is 1.90 bits per heavy atom. The van der Waals surface area contributed by atoms with Crippen molar-refractivity contribution in [2.24, 2.45) is 5.10 Å². The topological polar surface area (TPSA) is 73.6 Å². The Morgan fingerprint density at radius 1 is 1.17 bits per heavy atom. The molecule has 30 heavy (non-hydrogen) atoms. The third-order valence-electron chi connectivity index (χ3n) is 5.15. The number of quaternary nitrogens is 1. The van der Waals surface area contributed by atoms with Gasteiger partial charge in [0.15, 0.2) is 17.5 Å². The molecule has 0 unspecified atom stereocenters. The number of carbonyl (C=O) groups is 1. The number of nitrogens with one attached hydrogen (secondary N) is 2. The number of hydrogen-bond donors (Lipinski definition) is 2. The van der Waals surface area contributed by atoms with E-state index >= 15 is 0 Å². The van der Waals surface area contributed by atoms with E-state index in [1.54, 1.807) is 25.3 Å². The Balaban J connectivity index is 1.77. The molecule has 2 aromatic rings. The SMILES string of the molecule is CCOc1ccc(C(=O)N/N=C(/C)[C@H](c2ccccc2)[NH+]2CCOCC2)cc1OC. The fourth-order valence-corrected chi connectivity index (χ4v) is 3.69. The average molecular weight is 413 g/mol. The highest BCUT2D eigenvalue weighted by Crippen LogP contribution is 2.28. The number of nitrogens with zero attached hydrogens (tertiary/aromatic N) is 1. The van der Waals surface area contributed by atoms with Crippen LogP contribution in [0, 0.1) is 0 Å². The van der Waals surface area contributed by atoms with Gasteiger partial charge in [0, 0.05) is 11.1 Å². The van der Waals surface area contributed by atoms with Gasteiger partial charge in [0.1, 0.15) is 13.1 Å². The number of methoxy groups -OCH3 is 1. The van der Waals surface area contributed by atoms with Crippen molar-refractivity contribution in [1.29, 1.82) is 0 Å². The van der Waals surface area contributed by atoms with Gasteiger partial charge in [0.2, 0.25) is 0 Å². The number of rotatable bonds is 8. The number of morpholine rings is 1. The second kappa shape index (κ2) is 10.8. The molecule has 1 fully saturated rings. The second-order valence-electron chi connectivity index (χ2n) is 7.11. The fourth-order valence-electron chi connectivity index (χ4n) is 3.69. The quantitative estimate of drug-likeness (QED) is 0.513. The van der Waals surface area contributed by atoms with Gasteiger partial charge in [0.25, 0.3) is 5.91 Å². The Bertz CT molecular complexity index is 864. The molecule has 1 atom stereocenters. The number of hydrogen-bond acceptors (Lipinski definition) is 5. The Morgan fingerprint density at radius 3 is 2.57 bits per heavy atom. The normalized spacial score (nSPS) is 16.0. The molecule has 0 aliphatic carbocycles. The molecule has 1 aliphatic rings. The molecule has 0 bridgehead atoms. The summed E-state index contributed by atoms with van der Waals surface area (Å²) in [6.07, 6.45) is 0. The first-order chi connectivity index (χ1) is 14.6. The lowest BCUT2D eigenvalue weighted by Gasteiger charge is -2.31. The van der Waals surface area contributed by atoms with Crippen molar-refractivity contribution >= 4 is 11.6 Å². The predicted molar refractivity (Wildman–Crippen MR) is 115 cm³/mol. The minimum absolute atomic E-state index is 0.0604. The summed E-state index contributed by atoms with van der Waals surface area (Å²) >= 11 is 0. The van der Waals surface area contributed by atoms with Crippen LogP contribution in [0.3, 0.4) is 0 Å². The second-order valence-corrected chi connectivity index (χ2v) is 7.11. The zero-order valence-electron chi connectivity index (χ0n) is 17.8. The van der Waals surface area contributed by atoms with Gasteiger partial charge in [0.05, 0.1) is 32.6 Å². The lowest BCUT2D eigenvalue weighted by Crippen LogP contribution is -3.15. The van der Waals surface area contributed by atoms with Crippen molar-refractivity contribution in [3.8, 4) is 11.5 Å². The lowest BCUT2D eigenvalue weighted by molar-refractivity contribution is -0.928. The number of hydrazone groups is 1. The molecule has 2 N–H and O–H groups in total. The van der Waals surface area contributed by atoms with Crippen LogP contribution in [0.2, 0.25) is 0 Å². The maximum absolute atomic E-state index is 12.7. The molecule has 7 nitrogen and oxygen atoms in total. The first-order valence-electron chi connectivity index (χ1n) is 10.3. The van der Waals surface area contributed by atoms with Gasteiger partial charge in [-0.1, -0.05) is 30.3 Å². The fraction of sp³-hybridized carbons (Fsp3) is 0.391. The number of ether oxygens (including phenoxy) is 3. The molecule has 2 aromatic carbocycles. The van der Waals surface area contributed by atoms with E-state index in [0.29, 0.717) is 23.7 Å². The van der Waals surface area contributed by atoms with Crippen LogP contribution in [0.1, 0.15) is 35.8 Å². The minimum Gasteiger partial charge on any atom is -0.493 e. The molecule has 0 spiro atoms. The van der Waals surface area contributed by atoms with Crippen molar-refractivity contribution in [1.82, 2.24) is 5.43 Å². The minimum atomic E-state index is -0.292. The van der Waals surface area contributed by atoms with Crippen molar-refractivity contribution in [3.63, 3.8) is 0 Å². The molecule has 0 aromatic heterocycles. The molecule has 1 saturated heterocycles. The molecule has 3 rings (SSSR count). The number of benzene rings is 2. The molecule has 0 radical (unpaired) electrons. The summed E-state index contributed by atoms with van der Waals surface area (Å²) in [6.45, 7) is 7.63. The van der Waals surface area contributed by atoms with E-state index in [1.165, 1.54) is 10.5 Å². The maximum atomic E-state index is 12.7. The first kappa shape index (κ1) is 21.8. The van der Waals surface area contributed by atoms with E-state index in [0.717, 1.165) is 32.0 Å². The first-order valence-corrected chi connectivity index (χ1v) is 10.3. The highest BCUT2D eigenvalue weighted by atomic mass is 16.5. The molecule has 0 saturated carbocycles. The third kappa shape index (κ3) is 5.37. The van der Waals surface area contributed by atoms with Crippen LogP contribution < -0.4 is 19.8 Å². The average Bonchev–Trinajstić information content (AvgIpc) is 2.79. The number of carbonyl (C=O) groups excluding carboxylic acids is 1. The van der Waals surface area contributed by atoms with Gasteiger partial charge < -0.3 is 19.1 Å². The monoisotopic (exact) mass is 412 g/mol. The summed E-state index contributed by atoms with van der Waals surface area (Å²) in [5.41, 5.74) is 5.18. The molecule has 7 heteroatoms. The Hall–Kier alpha value is -2.90. The van der Waals surface area contributed by atoms with Crippen LogP contribution >= 0.6 is 0 Å². The summed E-state index contributed by atoms with van der Waals surface area (Å²) in [4.78, 5) is 14.1. The maximum Gasteiger partial charge on any atom is 0.271 e. The van der Waals surface area contributed by atoms with Crippen molar-refractivity contribution in [2.45, 2.75) is 19.9 Å². The van der Waals surface area contributed by atoms with Gasteiger partial charge in [-0.05, 0) is 32.0 Å². The summed E-state index contributed by atoms with van der Waals surface area (Å²) < 4.78 is 16.4. The van der Waals surface area contributed by atoms with Crippen LogP contribution in [-0.4, -0.2) is 51.6 Å². The van der Waals surface area contributed by atoms with Crippen LogP contribution in [0.4, 0.5) is 0 Å². The van der Waals surface area contributed by atoms with E-state index in [1.807, 2.05) is 32.0 Å². The predicted octanol–water partition coefficient (Wildman–Crippen LogP) is 1.86. The highest BCUT2D eigenvalue weighted by molar-refractivity contribution is 5.96. The largest absolute Gasteiger partial charge is 0.493 e. The number of amides is 1. The van der Waals surface area contributed by atoms with E-state index in [4.69, 9.17) is 14.2 Å². The van der Waals surface area contributed by atoms with Crippen LogP contribution in [-0.2, 0) is 4.74 Å². The summed E-state index contributed by atoms with van der Waals surface area (Å²) in [5, 5.41) is 4.45. The third-order valence-corrected chi connectivity index (χ3v) is 5.15. The molecular weight excluding hydrogens is 382 g/mol. The highest BCUT2D eigenvalue weighted by Gasteiger charge is 2.29. The Labute approximate surface area is 177 Å². The van der Waals surface area contributed by atoms with Crippen LogP contribution in [0.25, 0.3) is 0 Å². The van der Waals surface area contributed by atoms with E-state index < -0.39 is 0 Å². The smallest absolute Gasteiger partial charge is 0.271 e. The standard InChI is InChI=1S/C23H29N3O4/c1-4-30-20-11-10-19(16-21(20)28-3)23(27)25-24-17(2)22(18-8-6-5-7-9-18)26-12-14-29-15-13-26/h5-11,16,22H,4,12-15H2,1-3H3,(H,25,27)/p+1/b24-17-/t22-/m1/s1. The van der Waals surface area contributed by atoms with Gasteiger partial charge in [-0.25, -0.2) is 5.43 Å². The zero-order chi connectivity index (χ0) is 21.3. The summed E-state index contributed by atoms with van der Waals surface area (Å²) in [5.74, 6) is 0.834. The van der Waals surface area contributed by atoms with Crippen molar-refractivity contribution < 1.29 is 23.9 Å². The van der Waals surface area contributed by atoms with Gasteiger partial charge in [-0.2, -0.15) is 5.10 Å². The van der Waals surface area contributed by atoms with E-state index in [-0.39, 0.29) is 11.9 Å². The molecule has 1 amide bonds. The zero-order valence-corrected chi connectivity index (χ0v) is 17.8. The van der Waals surface area contributed by atoms with Gasteiger partial charge >= 0.3 is 0 Å². The molecule has 1 aliphatic heterocycles. The summed E-state index contributed by atoms with van der Waals surface area (Å²) in [6, 6.07) is 15.4. The van der Waals surface area contributed by atoms with Gasteiger partial charge in [-0.15, -0.1) is 0 Å². The van der Waals surface area contributed by atoms with Crippen LogP contribution in [0.5, 0.6) is 11.5 Å². The van der Waals surface area contributed by atoms with Crippen LogP contribution in [0.15, 0.2) is 53.6 Å². The van der Waals surface area contributed by atoms with Crippen molar-refractivity contribution in [2.75, 3.05) is 40.0 Å². The van der Waals surface area contributed by atoms with Crippen molar-refractivity contribution in [3.05, 3.63) is 59.7 Å².